The number of benzene rings is 3. The van der Waals surface area contributed by atoms with Crippen LogP contribution in [0.5, 0.6) is 0 Å². The SMILES string of the molecule is Cc1ccc2nc(N(CC3CCCO3)C(=O)c3ccc(NS(=O)(=O)c4ccccc4)cc3)sc2c1. The number of amides is 1. The number of hydrogen-bond donors (Lipinski definition) is 1. The van der Waals surface area contributed by atoms with Crippen LogP contribution in [-0.4, -0.2) is 38.6 Å². The summed E-state index contributed by atoms with van der Waals surface area (Å²) in [6.45, 7) is 3.14. The number of ether oxygens (including phenoxy) is 1. The number of aromatic nitrogens is 1. The molecule has 5 rings (SSSR count). The third kappa shape index (κ3) is 5.22. The number of sulfonamides is 1. The summed E-state index contributed by atoms with van der Waals surface area (Å²) in [6, 6.07) is 20.7. The number of carbonyl (C=O) groups excluding carboxylic acids is 1. The molecule has 2 heterocycles. The second-order valence-electron chi connectivity index (χ2n) is 8.51. The number of rotatable bonds is 7. The van der Waals surface area contributed by atoms with Crippen molar-refractivity contribution in [2.45, 2.75) is 30.8 Å². The molecule has 0 spiro atoms. The van der Waals surface area contributed by atoms with E-state index in [9.17, 15) is 13.2 Å². The normalized spacial score (nSPS) is 15.9. The molecule has 1 aliphatic heterocycles. The lowest BCUT2D eigenvalue weighted by atomic mass is 10.1. The molecule has 1 amide bonds. The number of thiazole rings is 1. The van der Waals surface area contributed by atoms with Crippen LogP contribution in [0.1, 0.15) is 28.8 Å². The Morgan fingerprint density at radius 3 is 2.60 bits per heavy atom. The van der Waals surface area contributed by atoms with E-state index in [1.807, 2.05) is 19.1 Å². The van der Waals surface area contributed by atoms with E-state index in [2.05, 4.69) is 10.8 Å². The van der Waals surface area contributed by atoms with Crippen LogP contribution in [0.15, 0.2) is 77.7 Å². The fourth-order valence-electron chi connectivity index (χ4n) is 4.03. The molecule has 1 aromatic heterocycles. The molecule has 9 heteroatoms. The van der Waals surface area contributed by atoms with Gasteiger partial charge in [0.25, 0.3) is 15.9 Å². The first-order valence-electron chi connectivity index (χ1n) is 11.4. The maximum Gasteiger partial charge on any atom is 0.261 e. The van der Waals surface area contributed by atoms with Crippen molar-refractivity contribution in [3.63, 3.8) is 0 Å². The van der Waals surface area contributed by atoms with Gasteiger partial charge in [-0.1, -0.05) is 35.6 Å². The maximum atomic E-state index is 13.6. The molecule has 0 saturated carbocycles. The molecule has 7 nitrogen and oxygen atoms in total. The van der Waals surface area contributed by atoms with Gasteiger partial charge in [0.15, 0.2) is 5.13 Å². The first-order chi connectivity index (χ1) is 16.9. The summed E-state index contributed by atoms with van der Waals surface area (Å²) in [4.78, 5) is 20.2. The molecule has 1 aliphatic rings. The van der Waals surface area contributed by atoms with Gasteiger partial charge in [-0.25, -0.2) is 13.4 Å². The number of fused-ring (bicyclic) bond motifs is 1. The fourth-order valence-corrected chi connectivity index (χ4v) is 6.18. The van der Waals surface area contributed by atoms with Crippen LogP contribution in [0.25, 0.3) is 10.2 Å². The number of carbonyl (C=O) groups is 1. The molecule has 0 radical (unpaired) electrons. The Kier molecular flexibility index (Phi) is 6.55. The molecule has 1 N–H and O–H groups in total. The highest BCUT2D eigenvalue weighted by molar-refractivity contribution is 7.92. The molecular formula is C26H25N3O4S2. The Morgan fingerprint density at radius 1 is 1.11 bits per heavy atom. The molecular weight excluding hydrogens is 482 g/mol. The molecule has 1 unspecified atom stereocenters. The Hall–Kier alpha value is -3.27. The minimum absolute atomic E-state index is 0.0374. The van der Waals surface area contributed by atoms with E-state index in [0.717, 1.165) is 28.6 Å². The van der Waals surface area contributed by atoms with Gasteiger partial charge in [-0.15, -0.1) is 0 Å². The van der Waals surface area contributed by atoms with E-state index in [4.69, 9.17) is 9.72 Å². The minimum atomic E-state index is -3.71. The molecule has 35 heavy (non-hydrogen) atoms. The summed E-state index contributed by atoms with van der Waals surface area (Å²) in [5, 5.41) is 0.625. The summed E-state index contributed by atoms with van der Waals surface area (Å²) >= 11 is 1.48. The number of nitrogens with one attached hydrogen (secondary N) is 1. The van der Waals surface area contributed by atoms with Crippen molar-refractivity contribution in [2.75, 3.05) is 22.8 Å². The minimum Gasteiger partial charge on any atom is -0.376 e. The quantitative estimate of drug-likeness (QED) is 0.370. The second kappa shape index (κ2) is 9.77. The lowest BCUT2D eigenvalue weighted by molar-refractivity contribution is 0.0917. The first kappa shape index (κ1) is 23.5. The zero-order valence-corrected chi connectivity index (χ0v) is 20.8. The zero-order valence-electron chi connectivity index (χ0n) is 19.2. The summed E-state index contributed by atoms with van der Waals surface area (Å²) in [6.07, 6.45) is 1.83. The Labute approximate surface area is 208 Å². The molecule has 4 aromatic rings. The molecule has 0 aliphatic carbocycles. The lowest BCUT2D eigenvalue weighted by Crippen LogP contribution is -2.37. The highest BCUT2D eigenvalue weighted by Gasteiger charge is 2.27. The summed E-state index contributed by atoms with van der Waals surface area (Å²) in [7, 11) is -3.71. The monoisotopic (exact) mass is 507 g/mol. The second-order valence-corrected chi connectivity index (χ2v) is 11.2. The van der Waals surface area contributed by atoms with Crippen molar-refractivity contribution in [3.8, 4) is 0 Å². The van der Waals surface area contributed by atoms with E-state index >= 15 is 0 Å². The first-order valence-corrected chi connectivity index (χ1v) is 13.7. The van der Waals surface area contributed by atoms with E-state index in [-0.39, 0.29) is 16.9 Å². The van der Waals surface area contributed by atoms with E-state index < -0.39 is 10.0 Å². The number of aryl methyl sites for hydroxylation is 1. The van der Waals surface area contributed by atoms with Crippen LogP contribution in [0.3, 0.4) is 0 Å². The van der Waals surface area contributed by atoms with Crippen molar-refractivity contribution in [2.24, 2.45) is 0 Å². The van der Waals surface area contributed by atoms with Gasteiger partial charge in [0.05, 0.1) is 27.8 Å². The van der Waals surface area contributed by atoms with Crippen LogP contribution in [0, 0.1) is 6.92 Å². The molecule has 1 fully saturated rings. The van der Waals surface area contributed by atoms with Gasteiger partial charge in [0.1, 0.15) is 0 Å². The fraction of sp³-hybridized carbons (Fsp3) is 0.231. The van der Waals surface area contributed by atoms with E-state index in [0.29, 0.717) is 29.5 Å². The third-order valence-electron chi connectivity index (χ3n) is 5.86. The lowest BCUT2D eigenvalue weighted by Gasteiger charge is -2.23. The smallest absolute Gasteiger partial charge is 0.261 e. The molecule has 3 aromatic carbocycles. The molecule has 1 saturated heterocycles. The standard InChI is InChI=1S/C26H25N3O4S2/c1-18-9-14-23-24(16-18)34-26(27-23)29(17-21-6-5-15-33-21)25(30)19-10-12-20(13-11-19)28-35(31,32)22-7-3-2-4-8-22/h2-4,7-14,16,21,28H,5-6,15,17H2,1H3. The Balaban J connectivity index is 1.40. The number of nitrogens with zero attached hydrogens (tertiary/aromatic N) is 2. The van der Waals surface area contributed by atoms with Crippen LogP contribution in [-0.2, 0) is 14.8 Å². The summed E-state index contributed by atoms with van der Waals surface area (Å²) in [5.41, 5.74) is 2.82. The van der Waals surface area contributed by atoms with Crippen molar-refractivity contribution in [1.82, 2.24) is 4.98 Å². The van der Waals surface area contributed by atoms with Crippen LogP contribution < -0.4 is 9.62 Å². The van der Waals surface area contributed by atoms with Crippen molar-refractivity contribution >= 4 is 48.3 Å². The van der Waals surface area contributed by atoms with E-state index in [1.54, 1.807) is 47.4 Å². The van der Waals surface area contributed by atoms with Crippen LogP contribution >= 0.6 is 11.3 Å². The van der Waals surface area contributed by atoms with Gasteiger partial charge >= 0.3 is 0 Å². The van der Waals surface area contributed by atoms with Gasteiger partial charge < -0.3 is 4.74 Å². The van der Waals surface area contributed by atoms with Gasteiger partial charge in [-0.05, 0) is 73.9 Å². The third-order valence-corrected chi connectivity index (χ3v) is 8.29. The molecule has 1 atom stereocenters. The van der Waals surface area contributed by atoms with Crippen LogP contribution in [0.2, 0.25) is 0 Å². The number of hydrogen-bond acceptors (Lipinski definition) is 6. The Bertz CT molecular complexity index is 1450. The van der Waals surface area contributed by atoms with E-state index in [1.165, 1.54) is 23.5 Å². The van der Waals surface area contributed by atoms with Gasteiger partial charge in [0, 0.05) is 17.9 Å². The molecule has 0 bridgehead atoms. The average Bonchev–Trinajstić information content (AvgIpc) is 3.52. The van der Waals surface area contributed by atoms with Gasteiger partial charge in [-0.2, -0.15) is 0 Å². The summed E-state index contributed by atoms with van der Waals surface area (Å²) < 4.78 is 34.6. The Morgan fingerprint density at radius 2 is 1.89 bits per heavy atom. The predicted molar refractivity (Wildman–Crippen MR) is 139 cm³/mol. The summed E-state index contributed by atoms with van der Waals surface area (Å²) in [5.74, 6) is -0.200. The number of anilines is 2. The van der Waals surface area contributed by atoms with Gasteiger partial charge in [0.2, 0.25) is 0 Å². The topological polar surface area (TPSA) is 88.6 Å². The van der Waals surface area contributed by atoms with Crippen molar-refractivity contribution in [3.05, 3.63) is 83.9 Å². The average molecular weight is 508 g/mol. The molecule has 180 valence electrons. The maximum absolute atomic E-state index is 13.6. The van der Waals surface area contributed by atoms with Crippen molar-refractivity contribution < 1.29 is 17.9 Å². The highest BCUT2D eigenvalue weighted by atomic mass is 32.2. The predicted octanol–water partition coefficient (Wildman–Crippen LogP) is 5.23. The highest BCUT2D eigenvalue weighted by Crippen LogP contribution is 2.31. The zero-order chi connectivity index (χ0) is 24.4. The van der Waals surface area contributed by atoms with Gasteiger partial charge in [-0.3, -0.25) is 14.4 Å². The van der Waals surface area contributed by atoms with Crippen LogP contribution in [0.4, 0.5) is 10.8 Å². The largest absolute Gasteiger partial charge is 0.376 e. The van der Waals surface area contributed by atoms with Crippen molar-refractivity contribution in [1.29, 1.82) is 0 Å².